The lowest BCUT2D eigenvalue weighted by Crippen LogP contribution is -2.29. The van der Waals surface area contributed by atoms with E-state index in [1.165, 1.54) is 12.1 Å². The molecule has 0 spiro atoms. The van der Waals surface area contributed by atoms with Gasteiger partial charge < -0.3 is 10.2 Å². The summed E-state index contributed by atoms with van der Waals surface area (Å²) in [4.78, 5) is 6.98. The van der Waals surface area contributed by atoms with Crippen LogP contribution in [0.15, 0.2) is 12.1 Å². The molecule has 0 aromatic carbocycles. The second-order valence-electron chi connectivity index (χ2n) is 4.69. The van der Waals surface area contributed by atoms with Crippen molar-refractivity contribution >= 4 is 5.69 Å². The number of aromatic nitrogens is 1. The average Bonchev–Trinajstić information content (AvgIpc) is 2.43. The first-order chi connectivity index (χ1) is 7.66. The highest BCUT2D eigenvalue weighted by Crippen LogP contribution is 2.19. The molecule has 1 atom stereocenters. The summed E-state index contributed by atoms with van der Waals surface area (Å²) >= 11 is 0. The van der Waals surface area contributed by atoms with Gasteiger partial charge in [-0.15, -0.1) is 0 Å². The number of hydrogen-bond donors (Lipinski definition) is 1. The van der Waals surface area contributed by atoms with Crippen LogP contribution in [0.25, 0.3) is 0 Å². The third kappa shape index (κ3) is 2.53. The van der Waals surface area contributed by atoms with Crippen LogP contribution in [0.5, 0.6) is 0 Å². The first kappa shape index (κ1) is 11.4. The summed E-state index contributed by atoms with van der Waals surface area (Å²) in [6, 6.07) is 4.93. The molecule has 1 aliphatic rings. The largest absolute Gasteiger partial charge is 0.369 e. The molecule has 0 amide bonds. The number of hydrogen-bond acceptors (Lipinski definition) is 3. The summed E-state index contributed by atoms with van der Waals surface area (Å²) in [6.07, 6.45) is 1.20. The van der Waals surface area contributed by atoms with Crippen LogP contribution in [0.2, 0.25) is 0 Å². The average molecular weight is 219 g/mol. The molecule has 3 nitrogen and oxygen atoms in total. The van der Waals surface area contributed by atoms with Gasteiger partial charge in [0.25, 0.3) is 0 Å². The van der Waals surface area contributed by atoms with Crippen molar-refractivity contribution in [2.24, 2.45) is 0 Å². The van der Waals surface area contributed by atoms with Gasteiger partial charge in [-0.3, -0.25) is 4.98 Å². The molecular weight excluding hydrogens is 198 g/mol. The summed E-state index contributed by atoms with van der Waals surface area (Å²) in [7, 11) is 0. The molecule has 3 heteroatoms. The molecule has 1 fully saturated rings. The number of nitrogens with zero attached hydrogens (tertiary/aromatic N) is 2. The molecule has 0 saturated carbocycles. The zero-order valence-corrected chi connectivity index (χ0v) is 10.5. The quantitative estimate of drug-likeness (QED) is 0.782. The van der Waals surface area contributed by atoms with Crippen LogP contribution in [0.1, 0.15) is 24.7 Å². The van der Waals surface area contributed by atoms with E-state index in [1.807, 2.05) is 6.92 Å². The van der Waals surface area contributed by atoms with Crippen molar-refractivity contribution in [1.29, 1.82) is 0 Å². The number of pyridine rings is 1. The number of aryl methyl sites for hydroxylation is 2. The lowest BCUT2D eigenvalue weighted by molar-refractivity contribution is 0.566. The molecule has 1 aromatic heterocycles. The van der Waals surface area contributed by atoms with E-state index in [2.05, 4.69) is 41.2 Å². The molecule has 2 heterocycles. The Labute approximate surface area is 97.9 Å². The summed E-state index contributed by atoms with van der Waals surface area (Å²) in [5.41, 5.74) is 3.54. The molecule has 1 unspecified atom stereocenters. The minimum absolute atomic E-state index is 0.628. The monoisotopic (exact) mass is 219 g/mol. The fraction of sp³-hybridized carbons (Fsp3) is 0.615. The Kier molecular flexibility index (Phi) is 3.44. The molecule has 2 rings (SSSR count). The number of nitrogens with one attached hydrogen (secondary N) is 1. The topological polar surface area (TPSA) is 28.2 Å². The SMILES string of the molecule is Cc1ccc(N2CCNC(C)CC2)c(C)n1. The van der Waals surface area contributed by atoms with E-state index in [0.717, 1.165) is 31.0 Å². The minimum atomic E-state index is 0.628. The van der Waals surface area contributed by atoms with Crippen LogP contribution < -0.4 is 10.2 Å². The van der Waals surface area contributed by atoms with Gasteiger partial charge in [0.15, 0.2) is 0 Å². The lowest BCUT2D eigenvalue weighted by Gasteiger charge is -2.23. The van der Waals surface area contributed by atoms with E-state index in [9.17, 15) is 0 Å². The fourth-order valence-corrected chi connectivity index (χ4v) is 2.26. The van der Waals surface area contributed by atoms with Crippen molar-refractivity contribution in [1.82, 2.24) is 10.3 Å². The summed E-state index contributed by atoms with van der Waals surface area (Å²) in [5.74, 6) is 0. The Morgan fingerprint density at radius 2 is 2.12 bits per heavy atom. The van der Waals surface area contributed by atoms with Crippen molar-refractivity contribution in [2.75, 3.05) is 24.5 Å². The first-order valence-electron chi connectivity index (χ1n) is 6.09. The molecule has 1 saturated heterocycles. The standard InChI is InChI=1S/C13H21N3/c1-10-6-8-16(9-7-14-10)13-5-4-11(2)15-12(13)3/h4-5,10,14H,6-9H2,1-3H3. The minimum Gasteiger partial charge on any atom is -0.369 e. The molecule has 0 bridgehead atoms. The highest BCUT2D eigenvalue weighted by atomic mass is 15.2. The first-order valence-corrected chi connectivity index (χ1v) is 6.09. The molecule has 88 valence electrons. The molecule has 1 aliphatic heterocycles. The maximum absolute atomic E-state index is 4.54. The van der Waals surface area contributed by atoms with E-state index in [-0.39, 0.29) is 0 Å². The Bertz CT molecular complexity index is 362. The zero-order chi connectivity index (χ0) is 11.5. The summed E-state index contributed by atoms with van der Waals surface area (Å²) in [5, 5.41) is 3.51. The van der Waals surface area contributed by atoms with Gasteiger partial charge in [-0.1, -0.05) is 0 Å². The predicted molar refractivity (Wildman–Crippen MR) is 68.0 cm³/mol. The summed E-state index contributed by atoms with van der Waals surface area (Å²) < 4.78 is 0. The Balaban J connectivity index is 2.16. The van der Waals surface area contributed by atoms with Crippen molar-refractivity contribution in [2.45, 2.75) is 33.2 Å². The van der Waals surface area contributed by atoms with Crippen molar-refractivity contribution in [3.8, 4) is 0 Å². The second-order valence-corrected chi connectivity index (χ2v) is 4.69. The van der Waals surface area contributed by atoms with Gasteiger partial charge >= 0.3 is 0 Å². The molecule has 0 aliphatic carbocycles. The van der Waals surface area contributed by atoms with Crippen molar-refractivity contribution in [3.63, 3.8) is 0 Å². The third-order valence-corrected chi connectivity index (χ3v) is 3.24. The predicted octanol–water partition coefficient (Wildman–Crippen LogP) is 1.89. The van der Waals surface area contributed by atoms with E-state index >= 15 is 0 Å². The van der Waals surface area contributed by atoms with Crippen molar-refractivity contribution < 1.29 is 0 Å². The van der Waals surface area contributed by atoms with E-state index in [1.54, 1.807) is 0 Å². The Hall–Kier alpha value is -1.09. The van der Waals surface area contributed by atoms with Crippen LogP contribution >= 0.6 is 0 Å². The molecule has 16 heavy (non-hydrogen) atoms. The second kappa shape index (κ2) is 4.83. The van der Waals surface area contributed by atoms with Crippen LogP contribution in [-0.2, 0) is 0 Å². The van der Waals surface area contributed by atoms with E-state index in [0.29, 0.717) is 6.04 Å². The highest BCUT2D eigenvalue weighted by Gasteiger charge is 2.15. The van der Waals surface area contributed by atoms with Crippen LogP contribution in [0, 0.1) is 13.8 Å². The Morgan fingerprint density at radius 1 is 1.31 bits per heavy atom. The maximum atomic E-state index is 4.54. The molecule has 1 aromatic rings. The van der Waals surface area contributed by atoms with Crippen LogP contribution in [-0.4, -0.2) is 30.7 Å². The lowest BCUT2D eigenvalue weighted by atomic mass is 10.2. The van der Waals surface area contributed by atoms with Gasteiger partial charge in [-0.25, -0.2) is 0 Å². The van der Waals surface area contributed by atoms with Crippen LogP contribution in [0.3, 0.4) is 0 Å². The maximum Gasteiger partial charge on any atom is 0.0608 e. The Morgan fingerprint density at radius 3 is 2.88 bits per heavy atom. The van der Waals surface area contributed by atoms with Gasteiger partial charge in [0, 0.05) is 31.4 Å². The number of rotatable bonds is 1. The van der Waals surface area contributed by atoms with Gasteiger partial charge in [-0.2, -0.15) is 0 Å². The van der Waals surface area contributed by atoms with Gasteiger partial charge in [0.05, 0.1) is 11.4 Å². The van der Waals surface area contributed by atoms with Gasteiger partial charge in [0.1, 0.15) is 0 Å². The molecular formula is C13H21N3. The van der Waals surface area contributed by atoms with Crippen LogP contribution in [0.4, 0.5) is 5.69 Å². The third-order valence-electron chi connectivity index (χ3n) is 3.24. The highest BCUT2D eigenvalue weighted by molar-refractivity contribution is 5.50. The number of anilines is 1. The van der Waals surface area contributed by atoms with E-state index < -0.39 is 0 Å². The summed E-state index contributed by atoms with van der Waals surface area (Å²) in [6.45, 7) is 9.67. The van der Waals surface area contributed by atoms with E-state index in [4.69, 9.17) is 0 Å². The van der Waals surface area contributed by atoms with Gasteiger partial charge in [-0.05, 0) is 39.3 Å². The zero-order valence-electron chi connectivity index (χ0n) is 10.5. The molecule has 1 N–H and O–H groups in total. The van der Waals surface area contributed by atoms with Gasteiger partial charge in [0.2, 0.25) is 0 Å². The normalized spacial score (nSPS) is 21.9. The fourth-order valence-electron chi connectivity index (χ4n) is 2.26. The van der Waals surface area contributed by atoms with Crippen molar-refractivity contribution in [3.05, 3.63) is 23.5 Å². The molecule has 0 radical (unpaired) electrons. The smallest absolute Gasteiger partial charge is 0.0608 e.